The van der Waals surface area contributed by atoms with Crippen LogP contribution >= 0.6 is 11.6 Å². The van der Waals surface area contributed by atoms with E-state index in [0.29, 0.717) is 16.4 Å². The maximum absolute atomic E-state index is 12.4. The van der Waals surface area contributed by atoms with E-state index in [0.717, 1.165) is 5.56 Å². The maximum Gasteiger partial charge on any atom is 0.257 e. The molecule has 0 radical (unpaired) electrons. The fourth-order valence-electron chi connectivity index (χ4n) is 2.23. The summed E-state index contributed by atoms with van der Waals surface area (Å²) in [4.78, 5) is 24.3. The first-order valence-electron chi connectivity index (χ1n) is 7.17. The number of halogens is 1. The zero-order chi connectivity index (χ0) is 17.2. The lowest BCUT2D eigenvalue weighted by atomic mass is 10.0. The molecule has 0 saturated carbocycles. The molecule has 0 saturated heterocycles. The van der Waals surface area contributed by atoms with Crippen molar-refractivity contribution in [1.82, 2.24) is 4.57 Å². The van der Waals surface area contributed by atoms with Crippen LogP contribution in [0.1, 0.15) is 18.2 Å². The van der Waals surface area contributed by atoms with E-state index in [1.54, 1.807) is 37.3 Å². The quantitative estimate of drug-likeness (QED) is 0.902. The first kappa shape index (κ1) is 17.2. The number of carbonyl (C=O) groups excluding carboxylic acids is 1. The summed E-state index contributed by atoms with van der Waals surface area (Å²) in [5.74, 6) is -0.585. The van der Waals surface area contributed by atoms with E-state index in [1.807, 2.05) is 6.92 Å². The molecule has 0 unspecified atom stereocenters. The van der Waals surface area contributed by atoms with E-state index in [4.69, 9.17) is 11.6 Å². The predicted molar refractivity (Wildman–Crippen MR) is 90.9 cm³/mol. The van der Waals surface area contributed by atoms with E-state index in [-0.39, 0.29) is 12.1 Å². The zero-order valence-electron chi connectivity index (χ0n) is 13.3. The van der Waals surface area contributed by atoms with E-state index < -0.39 is 11.5 Å². The molecule has 2 aromatic rings. The average molecular weight is 335 g/mol. The number of anilines is 1. The summed E-state index contributed by atoms with van der Waals surface area (Å²) >= 11 is 5.89. The minimum absolute atomic E-state index is 0.128. The molecule has 0 spiro atoms. The van der Waals surface area contributed by atoms with Crippen molar-refractivity contribution in [2.24, 2.45) is 0 Å². The molecule has 1 amide bonds. The molecule has 0 bridgehead atoms. The van der Waals surface area contributed by atoms with Crippen molar-refractivity contribution in [2.45, 2.75) is 32.9 Å². The van der Waals surface area contributed by atoms with Crippen LogP contribution in [0.2, 0.25) is 5.02 Å². The molecule has 2 N–H and O–H groups in total. The summed E-state index contributed by atoms with van der Waals surface area (Å²) in [6.45, 7) is 4.81. The largest absolute Gasteiger partial charge is 0.378 e. The second-order valence-electron chi connectivity index (χ2n) is 5.78. The Morgan fingerprint density at radius 1 is 1.30 bits per heavy atom. The van der Waals surface area contributed by atoms with Crippen LogP contribution in [0.15, 0.2) is 41.2 Å². The number of aryl methyl sites for hydroxylation is 2. The molecule has 0 aliphatic rings. The molecule has 1 atom stereocenters. The smallest absolute Gasteiger partial charge is 0.257 e. The SMILES string of the molecule is Cc1cc(Cl)ccc1NC(=O)[C@](C)(O)Cn1c(C)cccc1=O. The Morgan fingerprint density at radius 2 is 2.00 bits per heavy atom. The van der Waals surface area contributed by atoms with Crippen LogP contribution in [0.5, 0.6) is 0 Å². The Balaban J connectivity index is 2.22. The highest BCUT2D eigenvalue weighted by atomic mass is 35.5. The van der Waals surface area contributed by atoms with Crippen LogP contribution < -0.4 is 10.9 Å². The van der Waals surface area contributed by atoms with Gasteiger partial charge in [-0.2, -0.15) is 0 Å². The van der Waals surface area contributed by atoms with Crippen molar-refractivity contribution in [1.29, 1.82) is 0 Å². The van der Waals surface area contributed by atoms with E-state index >= 15 is 0 Å². The molecule has 6 heteroatoms. The van der Waals surface area contributed by atoms with Crippen molar-refractivity contribution in [3.05, 3.63) is 63.0 Å². The van der Waals surface area contributed by atoms with E-state index in [1.165, 1.54) is 17.6 Å². The lowest BCUT2D eigenvalue weighted by Crippen LogP contribution is -2.46. The van der Waals surface area contributed by atoms with Gasteiger partial charge in [0.15, 0.2) is 5.60 Å². The van der Waals surface area contributed by atoms with Crippen molar-refractivity contribution in [3.8, 4) is 0 Å². The van der Waals surface area contributed by atoms with Crippen LogP contribution in [-0.4, -0.2) is 21.2 Å². The van der Waals surface area contributed by atoms with E-state index in [2.05, 4.69) is 5.32 Å². The number of amides is 1. The molecule has 1 aromatic heterocycles. The summed E-state index contributed by atoms with van der Waals surface area (Å²) in [6.07, 6.45) is 0. The third-order valence-corrected chi connectivity index (χ3v) is 3.89. The number of rotatable bonds is 4. The maximum atomic E-state index is 12.4. The van der Waals surface area contributed by atoms with Gasteiger partial charge >= 0.3 is 0 Å². The zero-order valence-corrected chi connectivity index (χ0v) is 14.0. The number of aromatic nitrogens is 1. The molecule has 122 valence electrons. The molecule has 1 heterocycles. The standard InChI is InChI=1S/C17H19ClN2O3/c1-11-9-13(18)7-8-14(11)19-16(22)17(3,23)10-20-12(2)5-4-6-15(20)21/h4-9,23H,10H2,1-3H3,(H,19,22)/t17-/m1/s1. The van der Waals surface area contributed by atoms with Gasteiger partial charge in [-0.05, 0) is 50.6 Å². The number of nitrogens with one attached hydrogen (secondary N) is 1. The van der Waals surface area contributed by atoms with Crippen molar-refractivity contribution < 1.29 is 9.90 Å². The molecule has 23 heavy (non-hydrogen) atoms. The Morgan fingerprint density at radius 3 is 2.61 bits per heavy atom. The molecule has 0 fully saturated rings. The molecule has 2 rings (SSSR count). The first-order valence-corrected chi connectivity index (χ1v) is 7.55. The molecule has 0 aliphatic carbocycles. The Kier molecular flexibility index (Phi) is 4.92. The lowest BCUT2D eigenvalue weighted by molar-refractivity contribution is -0.133. The van der Waals surface area contributed by atoms with Gasteiger partial charge in [0.25, 0.3) is 11.5 Å². The van der Waals surface area contributed by atoms with Crippen molar-refractivity contribution >= 4 is 23.2 Å². The van der Waals surface area contributed by atoms with Crippen LogP contribution in [-0.2, 0) is 11.3 Å². The Bertz CT molecular complexity index is 797. The van der Waals surface area contributed by atoms with Gasteiger partial charge in [-0.25, -0.2) is 0 Å². The number of carbonyl (C=O) groups is 1. The normalized spacial score (nSPS) is 13.4. The summed E-state index contributed by atoms with van der Waals surface area (Å²) in [6, 6.07) is 9.83. The molecule has 5 nitrogen and oxygen atoms in total. The van der Waals surface area contributed by atoms with Gasteiger partial charge in [0, 0.05) is 22.5 Å². The van der Waals surface area contributed by atoms with Crippen LogP contribution in [0.3, 0.4) is 0 Å². The molecular weight excluding hydrogens is 316 g/mol. The van der Waals surface area contributed by atoms with Gasteiger partial charge in [-0.15, -0.1) is 0 Å². The van der Waals surface area contributed by atoms with Crippen molar-refractivity contribution in [2.75, 3.05) is 5.32 Å². The summed E-state index contributed by atoms with van der Waals surface area (Å²) in [5, 5.41) is 13.7. The number of hydrogen-bond acceptors (Lipinski definition) is 3. The van der Waals surface area contributed by atoms with Gasteiger partial charge in [0.1, 0.15) is 0 Å². The minimum Gasteiger partial charge on any atom is -0.378 e. The number of benzene rings is 1. The topological polar surface area (TPSA) is 71.3 Å². The number of pyridine rings is 1. The fraction of sp³-hybridized carbons (Fsp3) is 0.294. The molecular formula is C17H19ClN2O3. The first-order chi connectivity index (χ1) is 10.7. The van der Waals surface area contributed by atoms with Gasteiger partial charge in [-0.3, -0.25) is 9.59 Å². The third-order valence-electron chi connectivity index (χ3n) is 3.66. The highest BCUT2D eigenvalue weighted by Crippen LogP contribution is 2.21. The Hall–Kier alpha value is -2.11. The summed E-state index contributed by atoms with van der Waals surface area (Å²) < 4.78 is 1.37. The third kappa shape index (κ3) is 4.00. The van der Waals surface area contributed by atoms with Gasteiger partial charge in [0.05, 0.1) is 6.54 Å². The van der Waals surface area contributed by atoms with Gasteiger partial charge < -0.3 is 15.0 Å². The molecule has 1 aromatic carbocycles. The number of nitrogens with zero attached hydrogens (tertiary/aromatic N) is 1. The van der Waals surface area contributed by atoms with Crippen molar-refractivity contribution in [3.63, 3.8) is 0 Å². The second-order valence-corrected chi connectivity index (χ2v) is 6.22. The monoisotopic (exact) mass is 334 g/mol. The fourth-order valence-corrected chi connectivity index (χ4v) is 2.46. The van der Waals surface area contributed by atoms with Crippen LogP contribution in [0, 0.1) is 13.8 Å². The second kappa shape index (κ2) is 6.56. The highest BCUT2D eigenvalue weighted by Gasteiger charge is 2.31. The van der Waals surface area contributed by atoms with Crippen LogP contribution in [0.25, 0.3) is 0 Å². The van der Waals surface area contributed by atoms with Gasteiger partial charge in [-0.1, -0.05) is 17.7 Å². The number of aliphatic hydroxyl groups is 1. The lowest BCUT2D eigenvalue weighted by Gasteiger charge is -2.24. The molecule has 0 aliphatic heterocycles. The predicted octanol–water partition coefficient (Wildman–Crippen LogP) is 2.51. The minimum atomic E-state index is -1.73. The van der Waals surface area contributed by atoms with E-state index in [9.17, 15) is 14.7 Å². The van der Waals surface area contributed by atoms with Gasteiger partial charge in [0.2, 0.25) is 0 Å². The Labute approximate surface area is 139 Å². The van der Waals surface area contributed by atoms with Crippen LogP contribution in [0.4, 0.5) is 5.69 Å². The average Bonchev–Trinajstić information content (AvgIpc) is 2.46. The number of hydrogen-bond donors (Lipinski definition) is 2. The summed E-state index contributed by atoms with van der Waals surface area (Å²) in [5.41, 5.74) is 0.0303. The highest BCUT2D eigenvalue weighted by molar-refractivity contribution is 6.30. The summed E-state index contributed by atoms with van der Waals surface area (Å²) in [7, 11) is 0.